The number of hydrogen-bond acceptors (Lipinski definition) is 4. The van der Waals surface area contributed by atoms with E-state index in [2.05, 4.69) is 34.1 Å². The van der Waals surface area contributed by atoms with Crippen molar-refractivity contribution in [3.8, 4) is 0 Å². The molecule has 30 heavy (non-hydrogen) atoms. The summed E-state index contributed by atoms with van der Waals surface area (Å²) in [4.78, 5) is 16.6. The van der Waals surface area contributed by atoms with Crippen molar-refractivity contribution in [2.75, 3.05) is 44.7 Å². The van der Waals surface area contributed by atoms with Crippen molar-refractivity contribution < 1.29 is 9.53 Å². The van der Waals surface area contributed by atoms with Gasteiger partial charge in [-0.25, -0.2) is 4.79 Å². The van der Waals surface area contributed by atoms with Crippen molar-refractivity contribution in [3.63, 3.8) is 0 Å². The molecule has 0 aromatic heterocycles. The SMILES string of the molecule is COC(=O)c1ccc(CCN2CCN(c3ccc(C4CCCCC4)cc3)CC2)cc1. The Labute approximate surface area is 180 Å². The predicted octanol–water partition coefficient (Wildman–Crippen LogP) is 4.89. The van der Waals surface area contributed by atoms with E-state index >= 15 is 0 Å². The minimum atomic E-state index is -0.274. The van der Waals surface area contributed by atoms with E-state index in [1.54, 1.807) is 0 Å². The summed E-state index contributed by atoms with van der Waals surface area (Å²) < 4.78 is 4.76. The molecule has 4 nitrogen and oxygen atoms in total. The molecule has 1 saturated heterocycles. The van der Waals surface area contributed by atoms with Crippen molar-refractivity contribution in [2.45, 2.75) is 44.4 Å². The number of methoxy groups -OCH3 is 1. The number of esters is 1. The molecule has 2 fully saturated rings. The Hall–Kier alpha value is -2.33. The maximum Gasteiger partial charge on any atom is 0.337 e. The van der Waals surface area contributed by atoms with Gasteiger partial charge >= 0.3 is 5.97 Å². The normalized spacial score (nSPS) is 18.4. The highest BCUT2D eigenvalue weighted by Crippen LogP contribution is 2.33. The molecule has 0 unspecified atom stereocenters. The molecule has 0 amide bonds. The highest BCUT2D eigenvalue weighted by molar-refractivity contribution is 5.89. The molecule has 160 valence electrons. The number of nitrogens with zero attached hydrogens (tertiary/aromatic N) is 2. The van der Waals surface area contributed by atoms with Crippen LogP contribution in [0, 0.1) is 0 Å². The molecule has 4 heteroatoms. The third-order valence-corrected chi connectivity index (χ3v) is 6.80. The van der Waals surface area contributed by atoms with E-state index in [0.717, 1.165) is 45.1 Å². The summed E-state index contributed by atoms with van der Waals surface area (Å²) in [5.74, 6) is 0.510. The average molecular weight is 407 g/mol. The van der Waals surface area contributed by atoms with Crippen molar-refractivity contribution in [1.82, 2.24) is 4.90 Å². The van der Waals surface area contributed by atoms with Gasteiger partial charge in [0.15, 0.2) is 0 Å². The predicted molar refractivity (Wildman–Crippen MR) is 122 cm³/mol. The molecule has 2 aromatic carbocycles. The van der Waals surface area contributed by atoms with Gasteiger partial charge in [-0.05, 0) is 60.6 Å². The first kappa shape index (κ1) is 20.9. The van der Waals surface area contributed by atoms with Crippen LogP contribution in [0.2, 0.25) is 0 Å². The van der Waals surface area contributed by atoms with E-state index < -0.39 is 0 Å². The van der Waals surface area contributed by atoms with Gasteiger partial charge in [-0.15, -0.1) is 0 Å². The van der Waals surface area contributed by atoms with Gasteiger partial charge in [0.25, 0.3) is 0 Å². The van der Waals surface area contributed by atoms with Crippen LogP contribution >= 0.6 is 0 Å². The number of hydrogen-bond donors (Lipinski definition) is 0. The van der Waals surface area contributed by atoms with E-state index in [0.29, 0.717) is 5.56 Å². The summed E-state index contributed by atoms with van der Waals surface area (Å²) in [5.41, 5.74) is 4.79. The number of benzene rings is 2. The topological polar surface area (TPSA) is 32.8 Å². The molecule has 1 aliphatic heterocycles. The molecule has 1 heterocycles. The molecule has 2 aromatic rings. The van der Waals surface area contributed by atoms with E-state index in [9.17, 15) is 4.79 Å². The molecule has 0 bridgehead atoms. The van der Waals surface area contributed by atoms with Crippen molar-refractivity contribution in [3.05, 3.63) is 65.2 Å². The number of piperazine rings is 1. The van der Waals surface area contributed by atoms with Crippen LogP contribution in [0.4, 0.5) is 5.69 Å². The van der Waals surface area contributed by atoms with Gasteiger partial charge in [-0.3, -0.25) is 4.90 Å². The fraction of sp³-hybridized carbons (Fsp3) is 0.500. The van der Waals surface area contributed by atoms with Crippen LogP contribution in [0.3, 0.4) is 0 Å². The maximum atomic E-state index is 11.5. The second-order valence-corrected chi connectivity index (χ2v) is 8.69. The maximum absolute atomic E-state index is 11.5. The summed E-state index contributed by atoms with van der Waals surface area (Å²) >= 11 is 0. The Morgan fingerprint density at radius 1 is 0.900 bits per heavy atom. The summed E-state index contributed by atoms with van der Waals surface area (Å²) in [6.45, 7) is 5.44. The first-order valence-corrected chi connectivity index (χ1v) is 11.5. The molecule has 2 aliphatic rings. The summed E-state index contributed by atoms with van der Waals surface area (Å²) in [5, 5.41) is 0. The number of carbonyl (C=O) groups is 1. The largest absolute Gasteiger partial charge is 0.465 e. The second-order valence-electron chi connectivity index (χ2n) is 8.69. The zero-order valence-electron chi connectivity index (χ0n) is 18.2. The molecular weight excluding hydrogens is 372 g/mol. The Bertz CT molecular complexity index is 802. The molecule has 4 rings (SSSR count). The number of rotatable bonds is 6. The summed E-state index contributed by atoms with van der Waals surface area (Å²) in [6, 6.07) is 17.2. The van der Waals surface area contributed by atoms with Gasteiger partial charge in [-0.1, -0.05) is 43.5 Å². The van der Waals surface area contributed by atoms with Crippen LogP contribution in [-0.2, 0) is 11.2 Å². The Balaban J connectivity index is 1.23. The van der Waals surface area contributed by atoms with Crippen molar-refractivity contribution in [1.29, 1.82) is 0 Å². The lowest BCUT2D eigenvalue weighted by molar-refractivity contribution is 0.0600. The number of carbonyl (C=O) groups excluding carboxylic acids is 1. The van der Waals surface area contributed by atoms with Crippen LogP contribution in [0.5, 0.6) is 0 Å². The van der Waals surface area contributed by atoms with Crippen LogP contribution in [0.15, 0.2) is 48.5 Å². The lowest BCUT2D eigenvalue weighted by atomic mass is 9.84. The average Bonchev–Trinajstić information content (AvgIpc) is 2.83. The third kappa shape index (κ3) is 5.23. The zero-order valence-corrected chi connectivity index (χ0v) is 18.2. The fourth-order valence-corrected chi connectivity index (χ4v) is 4.84. The van der Waals surface area contributed by atoms with E-state index in [1.165, 1.54) is 56.0 Å². The Morgan fingerprint density at radius 2 is 1.57 bits per heavy atom. The molecule has 0 radical (unpaired) electrons. The Kier molecular flexibility index (Phi) is 7.06. The molecule has 1 aliphatic carbocycles. The second kappa shape index (κ2) is 10.1. The monoisotopic (exact) mass is 406 g/mol. The molecule has 0 atom stereocenters. The fourth-order valence-electron chi connectivity index (χ4n) is 4.84. The summed E-state index contributed by atoms with van der Waals surface area (Å²) in [6.07, 6.45) is 7.94. The Morgan fingerprint density at radius 3 is 2.20 bits per heavy atom. The van der Waals surface area contributed by atoms with Gasteiger partial charge in [0.05, 0.1) is 12.7 Å². The van der Waals surface area contributed by atoms with Gasteiger partial charge in [-0.2, -0.15) is 0 Å². The minimum absolute atomic E-state index is 0.274. The van der Waals surface area contributed by atoms with Crippen LogP contribution < -0.4 is 4.90 Å². The lowest BCUT2D eigenvalue weighted by Crippen LogP contribution is -2.47. The lowest BCUT2D eigenvalue weighted by Gasteiger charge is -2.36. The first-order valence-electron chi connectivity index (χ1n) is 11.5. The molecule has 1 saturated carbocycles. The van der Waals surface area contributed by atoms with E-state index in [-0.39, 0.29) is 5.97 Å². The van der Waals surface area contributed by atoms with Gasteiger partial charge in [0.1, 0.15) is 0 Å². The zero-order chi connectivity index (χ0) is 20.8. The molecule has 0 spiro atoms. The van der Waals surface area contributed by atoms with Crippen molar-refractivity contribution in [2.24, 2.45) is 0 Å². The van der Waals surface area contributed by atoms with Gasteiger partial charge in [0, 0.05) is 38.4 Å². The smallest absolute Gasteiger partial charge is 0.337 e. The van der Waals surface area contributed by atoms with Gasteiger partial charge in [0.2, 0.25) is 0 Å². The third-order valence-electron chi connectivity index (χ3n) is 6.80. The first-order chi connectivity index (χ1) is 14.7. The van der Waals surface area contributed by atoms with Crippen LogP contribution in [-0.4, -0.2) is 50.7 Å². The van der Waals surface area contributed by atoms with Gasteiger partial charge < -0.3 is 9.64 Å². The number of ether oxygens (including phenoxy) is 1. The highest BCUT2D eigenvalue weighted by Gasteiger charge is 2.19. The molecular formula is C26H34N2O2. The van der Waals surface area contributed by atoms with Crippen LogP contribution in [0.25, 0.3) is 0 Å². The van der Waals surface area contributed by atoms with E-state index in [4.69, 9.17) is 4.74 Å². The quantitative estimate of drug-likeness (QED) is 0.640. The standard InChI is InChI=1S/C26H34N2O2/c1-30-26(29)24-9-7-21(8-10-24)15-16-27-17-19-28(20-18-27)25-13-11-23(12-14-25)22-5-3-2-4-6-22/h7-14,22H,2-6,15-20H2,1H3. The minimum Gasteiger partial charge on any atom is -0.465 e. The highest BCUT2D eigenvalue weighted by atomic mass is 16.5. The van der Waals surface area contributed by atoms with Crippen LogP contribution in [0.1, 0.15) is 59.5 Å². The van der Waals surface area contributed by atoms with E-state index in [1.807, 2.05) is 24.3 Å². The summed E-state index contributed by atoms with van der Waals surface area (Å²) in [7, 11) is 1.42. The number of anilines is 1. The molecule has 0 N–H and O–H groups in total. The van der Waals surface area contributed by atoms with Crippen molar-refractivity contribution >= 4 is 11.7 Å².